The van der Waals surface area contributed by atoms with E-state index in [-0.39, 0.29) is 5.97 Å². The first kappa shape index (κ1) is 18.4. The van der Waals surface area contributed by atoms with E-state index in [1.54, 1.807) is 7.05 Å². The highest BCUT2D eigenvalue weighted by molar-refractivity contribution is 5.80. The average Bonchev–Trinajstić information content (AvgIpc) is 2.49. The molecule has 1 fully saturated rings. The summed E-state index contributed by atoms with van der Waals surface area (Å²) in [5.74, 6) is 1.41. The zero-order valence-electron chi connectivity index (χ0n) is 14.4. The van der Waals surface area contributed by atoms with Crippen LogP contribution in [0.15, 0.2) is 0 Å². The maximum Gasteiger partial charge on any atom is 0.325 e. The molecule has 0 aromatic carbocycles. The molecule has 1 rings (SSSR count). The molecule has 0 aliphatic heterocycles. The fourth-order valence-corrected chi connectivity index (χ4v) is 3.03. The van der Waals surface area contributed by atoms with Crippen molar-refractivity contribution in [3.8, 4) is 0 Å². The van der Waals surface area contributed by atoms with Gasteiger partial charge in [-0.05, 0) is 64.3 Å². The Bertz CT molecular complexity index is 321. The Morgan fingerprint density at radius 1 is 1.24 bits per heavy atom. The Morgan fingerprint density at radius 3 is 2.52 bits per heavy atom. The summed E-state index contributed by atoms with van der Waals surface area (Å²) in [5, 5.41) is 3.06. The van der Waals surface area contributed by atoms with Crippen LogP contribution >= 0.6 is 0 Å². The summed E-state index contributed by atoms with van der Waals surface area (Å²) >= 11 is 0. The Balaban J connectivity index is 2.18. The largest absolute Gasteiger partial charge is 0.468 e. The number of esters is 1. The summed E-state index contributed by atoms with van der Waals surface area (Å²) < 4.78 is 10.8. The van der Waals surface area contributed by atoms with Crippen molar-refractivity contribution < 1.29 is 14.3 Å². The van der Waals surface area contributed by atoms with Crippen LogP contribution in [0.3, 0.4) is 0 Å². The predicted octanol–water partition coefficient (Wildman–Crippen LogP) is 3.15. The summed E-state index contributed by atoms with van der Waals surface area (Å²) in [5.41, 5.74) is -0.580. The lowest BCUT2D eigenvalue weighted by Gasteiger charge is -2.32. The van der Waals surface area contributed by atoms with E-state index in [0.717, 1.165) is 37.7 Å². The third-order valence-electron chi connectivity index (χ3n) is 5.16. The summed E-state index contributed by atoms with van der Waals surface area (Å²) in [7, 11) is 3.24. The van der Waals surface area contributed by atoms with Gasteiger partial charge in [0.15, 0.2) is 0 Å². The molecule has 0 aromatic rings. The number of nitrogens with one attached hydrogen (secondary N) is 1. The van der Waals surface area contributed by atoms with Crippen molar-refractivity contribution in [1.82, 2.24) is 5.32 Å². The molecular formula is C17H33NO3. The molecule has 1 saturated carbocycles. The van der Waals surface area contributed by atoms with E-state index in [1.807, 2.05) is 6.92 Å². The van der Waals surface area contributed by atoms with Crippen LogP contribution < -0.4 is 5.32 Å². The van der Waals surface area contributed by atoms with Crippen LogP contribution in [0.1, 0.15) is 59.3 Å². The van der Waals surface area contributed by atoms with Crippen LogP contribution in [0.2, 0.25) is 0 Å². The van der Waals surface area contributed by atoms with Gasteiger partial charge >= 0.3 is 5.97 Å². The normalized spacial score (nSPS) is 28.9. The number of hydrogen-bond acceptors (Lipinski definition) is 4. The van der Waals surface area contributed by atoms with E-state index in [2.05, 4.69) is 19.2 Å². The maximum atomic E-state index is 11.7. The highest BCUT2D eigenvalue weighted by Gasteiger charge is 2.31. The molecule has 4 atom stereocenters. The molecule has 1 N–H and O–H groups in total. The summed E-state index contributed by atoms with van der Waals surface area (Å²) in [6.07, 6.45) is 6.84. The van der Waals surface area contributed by atoms with Crippen molar-refractivity contribution >= 4 is 5.97 Å². The number of likely N-dealkylation sites (N-methyl/N-ethyl adjacent to an activating group) is 1. The van der Waals surface area contributed by atoms with Crippen molar-refractivity contribution in [3.05, 3.63) is 0 Å². The standard InChI is InChI=1S/C17H33NO3/c1-13-8-9-15(12-14(13)2)21-11-7-6-10-17(3,18-4)16(19)20-5/h13-15,18H,6-12H2,1-5H3. The molecule has 0 aromatic heterocycles. The molecule has 0 heterocycles. The lowest BCUT2D eigenvalue weighted by molar-refractivity contribution is -0.148. The van der Waals surface area contributed by atoms with E-state index >= 15 is 0 Å². The number of methoxy groups -OCH3 is 1. The van der Waals surface area contributed by atoms with Crippen LogP contribution in [0.25, 0.3) is 0 Å². The quantitative estimate of drug-likeness (QED) is 0.552. The van der Waals surface area contributed by atoms with Gasteiger partial charge < -0.3 is 14.8 Å². The number of hydrogen-bond donors (Lipinski definition) is 1. The molecule has 0 radical (unpaired) electrons. The Labute approximate surface area is 130 Å². The molecule has 0 bridgehead atoms. The fourth-order valence-electron chi connectivity index (χ4n) is 3.03. The fraction of sp³-hybridized carbons (Fsp3) is 0.941. The van der Waals surface area contributed by atoms with Crippen molar-refractivity contribution in [3.63, 3.8) is 0 Å². The van der Waals surface area contributed by atoms with E-state index in [0.29, 0.717) is 6.10 Å². The minimum atomic E-state index is -0.580. The van der Waals surface area contributed by atoms with Gasteiger partial charge in [-0.15, -0.1) is 0 Å². The number of rotatable bonds is 8. The minimum absolute atomic E-state index is 0.194. The predicted molar refractivity (Wildman–Crippen MR) is 85.3 cm³/mol. The summed E-state index contributed by atoms with van der Waals surface area (Å²) in [6, 6.07) is 0. The van der Waals surface area contributed by atoms with E-state index in [4.69, 9.17) is 9.47 Å². The molecule has 0 spiro atoms. The second kappa shape index (κ2) is 8.74. The second-order valence-corrected chi connectivity index (χ2v) is 6.79. The van der Waals surface area contributed by atoms with Gasteiger partial charge in [0, 0.05) is 6.61 Å². The average molecular weight is 299 g/mol. The van der Waals surface area contributed by atoms with Crippen molar-refractivity contribution in [2.24, 2.45) is 11.8 Å². The molecule has 0 saturated heterocycles. The molecule has 1 aliphatic carbocycles. The lowest BCUT2D eigenvalue weighted by Crippen LogP contribution is -2.48. The van der Waals surface area contributed by atoms with E-state index < -0.39 is 5.54 Å². The van der Waals surface area contributed by atoms with Gasteiger partial charge in [-0.3, -0.25) is 4.79 Å². The first-order valence-electron chi connectivity index (χ1n) is 8.32. The van der Waals surface area contributed by atoms with Gasteiger partial charge in [0.05, 0.1) is 13.2 Å². The van der Waals surface area contributed by atoms with Crippen LogP contribution in [-0.4, -0.2) is 38.4 Å². The minimum Gasteiger partial charge on any atom is -0.468 e. The van der Waals surface area contributed by atoms with E-state index in [9.17, 15) is 4.79 Å². The zero-order valence-corrected chi connectivity index (χ0v) is 14.4. The highest BCUT2D eigenvalue weighted by Crippen LogP contribution is 2.31. The molecule has 4 nitrogen and oxygen atoms in total. The number of unbranched alkanes of at least 4 members (excludes halogenated alkanes) is 1. The Morgan fingerprint density at radius 2 is 1.95 bits per heavy atom. The van der Waals surface area contributed by atoms with Crippen LogP contribution in [0.5, 0.6) is 0 Å². The number of carbonyl (C=O) groups excluding carboxylic acids is 1. The topological polar surface area (TPSA) is 47.6 Å². The maximum absolute atomic E-state index is 11.7. The Hall–Kier alpha value is -0.610. The van der Waals surface area contributed by atoms with Gasteiger partial charge in [0.1, 0.15) is 5.54 Å². The monoisotopic (exact) mass is 299 g/mol. The number of carbonyl (C=O) groups is 1. The van der Waals surface area contributed by atoms with Gasteiger partial charge in [0.2, 0.25) is 0 Å². The molecule has 0 amide bonds. The molecule has 124 valence electrons. The van der Waals surface area contributed by atoms with Gasteiger partial charge in [0.25, 0.3) is 0 Å². The van der Waals surface area contributed by atoms with Gasteiger partial charge in [-0.1, -0.05) is 13.8 Å². The summed E-state index contributed by atoms with van der Waals surface area (Å²) in [4.78, 5) is 11.7. The van der Waals surface area contributed by atoms with Crippen molar-refractivity contribution in [1.29, 1.82) is 0 Å². The smallest absolute Gasteiger partial charge is 0.325 e. The summed E-state index contributed by atoms with van der Waals surface area (Å²) in [6.45, 7) is 7.36. The number of ether oxygens (including phenoxy) is 2. The first-order valence-corrected chi connectivity index (χ1v) is 8.32. The Kier molecular flexibility index (Phi) is 7.67. The third kappa shape index (κ3) is 5.59. The highest BCUT2D eigenvalue weighted by atomic mass is 16.5. The van der Waals surface area contributed by atoms with Crippen molar-refractivity contribution in [2.75, 3.05) is 20.8 Å². The van der Waals surface area contributed by atoms with Crippen molar-refractivity contribution in [2.45, 2.75) is 70.9 Å². The molecular weight excluding hydrogens is 266 g/mol. The first-order chi connectivity index (χ1) is 9.92. The second-order valence-electron chi connectivity index (χ2n) is 6.79. The molecule has 21 heavy (non-hydrogen) atoms. The molecule has 4 heteroatoms. The van der Waals surface area contributed by atoms with Crippen LogP contribution in [-0.2, 0) is 14.3 Å². The SMILES string of the molecule is CNC(C)(CCCCOC1CCC(C)C(C)C1)C(=O)OC. The lowest BCUT2D eigenvalue weighted by atomic mass is 9.80. The van der Waals surface area contributed by atoms with Crippen LogP contribution in [0, 0.1) is 11.8 Å². The molecule has 4 unspecified atom stereocenters. The van der Waals surface area contributed by atoms with Gasteiger partial charge in [-0.25, -0.2) is 0 Å². The zero-order chi connectivity index (χ0) is 15.9. The van der Waals surface area contributed by atoms with Crippen LogP contribution in [0.4, 0.5) is 0 Å². The van der Waals surface area contributed by atoms with Gasteiger partial charge in [-0.2, -0.15) is 0 Å². The molecule has 1 aliphatic rings. The van der Waals surface area contributed by atoms with E-state index in [1.165, 1.54) is 26.4 Å². The third-order valence-corrected chi connectivity index (χ3v) is 5.16.